The molecule has 0 unspecified atom stereocenters. The van der Waals surface area contributed by atoms with Crippen molar-refractivity contribution in [3.05, 3.63) is 71.8 Å². The molecule has 0 bridgehead atoms. The summed E-state index contributed by atoms with van der Waals surface area (Å²) in [6.07, 6.45) is 1.79. The van der Waals surface area contributed by atoms with Gasteiger partial charge in [0, 0.05) is 26.2 Å². The van der Waals surface area contributed by atoms with Gasteiger partial charge in [0.25, 0.3) is 0 Å². The fourth-order valence-corrected chi connectivity index (χ4v) is 8.11. The van der Waals surface area contributed by atoms with Crippen molar-refractivity contribution in [2.45, 2.75) is 42.6 Å². The summed E-state index contributed by atoms with van der Waals surface area (Å²) in [7, 11) is -4.74. The molecule has 3 aromatic rings. The Hall–Kier alpha value is -3.32. The molecule has 0 saturated carbocycles. The van der Waals surface area contributed by atoms with Crippen molar-refractivity contribution in [2.75, 3.05) is 34.1 Å². The molecule has 12 heteroatoms. The molecule has 10 nitrogen and oxygen atoms in total. The fraction of sp³-hybridized carbons (Fsp3) is 0.379. The highest BCUT2D eigenvalue weighted by Gasteiger charge is 2.30. The van der Waals surface area contributed by atoms with Crippen molar-refractivity contribution in [1.82, 2.24) is 8.61 Å². The summed E-state index contributed by atoms with van der Waals surface area (Å²) < 4.78 is 78.9. The maximum Gasteiger partial charge on any atom is 0.243 e. The van der Waals surface area contributed by atoms with E-state index in [0.29, 0.717) is 47.2 Å². The van der Waals surface area contributed by atoms with Crippen LogP contribution >= 0.6 is 0 Å². The lowest BCUT2D eigenvalue weighted by atomic mass is 10.0. The van der Waals surface area contributed by atoms with Gasteiger partial charge >= 0.3 is 0 Å². The van der Waals surface area contributed by atoms with E-state index in [0.717, 1.165) is 12.8 Å². The third kappa shape index (κ3) is 6.15. The molecule has 1 atom stereocenters. The highest BCUT2D eigenvalue weighted by molar-refractivity contribution is 7.89. The summed E-state index contributed by atoms with van der Waals surface area (Å²) in [6, 6.07) is 16.0. The normalized spacial score (nSPS) is 17.5. The van der Waals surface area contributed by atoms with Crippen molar-refractivity contribution in [2.24, 2.45) is 5.92 Å². The maximum absolute atomic E-state index is 14.0. The SMILES string of the molecule is COc1ccc(CN(Cc2ccc3c(c2)OCO3)S(=O)(=O)c2ccc(S(=O)(=O)N3CCC[C@@H](C)C3)cc2)cc1OC. The highest BCUT2D eigenvalue weighted by atomic mass is 32.2. The monoisotopic (exact) mass is 602 g/mol. The van der Waals surface area contributed by atoms with E-state index in [1.165, 1.54) is 47.1 Å². The van der Waals surface area contributed by atoms with Crippen molar-refractivity contribution in [1.29, 1.82) is 0 Å². The van der Waals surface area contributed by atoms with Crippen LogP contribution in [0, 0.1) is 5.92 Å². The zero-order valence-electron chi connectivity index (χ0n) is 23.3. The van der Waals surface area contributed by atoms with Gasteiger partial charge < -0.3 is 18.9 Å². The summed E-state index contributed by atoms with van der Waals surface area (Å²) >= 11 is 0. The zero-order chi connectivity index (χ0) is 29.2. The molecule has 5 rings (SSSR count). The number of hydrogen-bond acceptors (Lipinski definition) is 8. The quantitative estimate of drug-likeness (QED) is 0.339. The molecular formula is C29H34N2O8S2. The lowest BCUT2D eigenvalue weighted by molar-refractivity contribution is 0.174. The molecular weight excluding hydrogens is 568 g/mol. The molecule has 0 aromatic heterocycles. The summed E-state index contributed by atoms with van der Waals surface area (Å²) in [5.74, 6) is 2.43. The first-order valence-corrected chi connectivity index (χ1v) is 16.2. The maximum atomic E-state index is 14.0. The molecule has 0 N–H and O–H groups in total. The van der Waals surface area contributed by atoms with Gasteiger partial charge in [-0.15, -0.1) is 0 Å². The molecule has 2 heterocycles. The molecule has 2 aliphatic rings. The Bertz CT molecular complexity index is 1610. The van der Waals surface area contributed by atoms with Crippen LogP contribution in [0.3, 0.4) is 0 Å². The smallest absolute Gasteiger partial charge is 0.243 e. The number of hydrogen-bond donors (Lipinski definition) is 0. The van der Waals surface area contributed by atoms with E-state index >= 15 is 0 Å². The van der Waals surface area contributed by atoms with Crippen LogP contribution in [-0.4, -0.2) is 59.5 Å². The van der Waals surface area contributed by atoms with Crippen LogP contribution in [0.2, 0.25) is 0 Å². The molecule has 1 saturated heterocycles. The van der Waals surface area contributed by atoms with Gasteiger partial charge in [-0.1, -0.05) is 19.1 Å². The Labute approximate surface area is 241 Å². The number of piperidine rings is 1. The average molecular weight is 603 g/mol. The van der Waals surface area contributed by atoms with Gasteiger partial charge in [-0.3, -0.25) is 0 Å². The van der Waals surface area contributed by atoms with Gasteiger partial charge in [0.15, 0.2) is 23.0 Å². The summed E-state index contributed by atoms with van der Waals surface area (Å²) in [5, 5.41) is 0. The van der Waals surface area contributed by atoms with Gasteiger partial charge in [0.05, 0.1) is 24.0 Å². The number of benzene rings is 3. The minimum atomic E-state index is -4.06. The second-order valence-corrected chi connectivity index (χ2v) is 14.1. The molecule has 0 aliphatic carbocycles. The predicted molar refractivity (Wildman–Crippen MR) is 152 cm³/mol. The van der Waals surface area contributed by atoms with E-state index in [1.807, 2.05) is 6.92 Å². The Balaban J connectivity index is 1.46. The minimum Gasteiger partial charge on any atom is -0.493 e. The van der Waals surface area contributed by atoms with Crippen LogP contribution in [0.15, 0.2) is 70.5 Å². The number of rotatable bonds is 10. The van der Waals surface area contributed by atoms with Crippen LogP contribution in [0.4, 0.5) is 0 Å². The zero-order valence-corrected chi connectivity index (χ0v) is 24.9. The largest absolute Gasteiger partial charge is 0.493 e. The standard InChI is InChI=1S/C29H34N2O8S2/c1-21-5-4-14-30(17-21)40(32,33)24-8-10-25(11-9-24)41(34,35)31(18-22-6-12-26(36-2)28(15-22)37-3)19-23-7-13-27-29(16-23)39-20-38-27/h6-13,15-16,21H,4-5,14,17-20H2,1-3H3/t21-/m1/s1. The lowest BCUT2D eigenvalue weighted by Gasteiger charge is -2.30. The van der Waals surface area contributed by atoms with Gasteiger partial charge in [-0.25, -0.2) is 16.8 Å². The summed E-state index contributed by atoms with van der Waals surface area (Å²) in [4.78, 5) is 0.0671. The van der Waals surface area contributed by atoms with Crippen LogP contribution in [0.1, 0.15) is 30.9 Å². The Morgan fingerprint density at radius 1 is 0.829 bits per heavy atom. The van der Waals surface area contributed by atoms with E-state index in [2.05, 4.69) is 0 Å². The molecule has 41 heavy (non-hydrogen) atoms. The topological polar surface area (TPSA) is 112 Å². The number of nitrogens with zero attached hydrogens (tertiary/aromatic N) is 2. The van der Waals surface area contributed by atoms with Crippen LogP contribution < -0.4 is 18.9 Å². The lowest BCUT2D eigenvalue weighted by Crippen LogP contribution is -2.39. The molecule has 1 fully saturated rings. The fourth-order valence-electron chi connectivity index (χ4n) is 5.10. The summed E-state index contributed by atoms with van der Waals surface area (Å²) in [6.45, 7) is 3.13. The number of sulfonamides is 2. The number of methoxy groups -OCH3 is 2. The summed E-state index contributed by atoms with van der Waals surface area (Å²) in [5.41, 5.74) is 1.39. The Kier molecular flexibility index (Phi) is 8.46. The first-order valence-electron chi connectivity index (χ1n) is 13.3. The van der Waals surface area contributed by atoms with E-state index in [-0.39, 0.29) is 35.6 Å². The van der Waals surface area contributed by atoms with Crippen LogP contribution in [0.5, 0.6) is 23.0 Å². The Morgan fingerprint density at radius 3 is 2.15 bits per heavy atom. The van der Waals surface area contributed by atoms with Gasteiger partial charge in [0.2, 0.25) is 26.8 Å². The van der Waals surface area contributed by atoms with Gasteiger partial charge in [-0.05, 0) is 78.4 Å². The van der Waals surface area contributed by atoms with Crippen molar-refractivity contribution < 1.29 is 35.8 Å². The highest BCUT2D eigenvalue weighted by Crippen LogP contribution is 2.34. The third-order valence-electron chi connectivity index (χ3n) is 7.32. The predicted octanol–water partition coefficient (Wildman–Crippen LogP) is 4.24. The van der Waals surface area contributed by atoms with Crippen molar-refractivity contribution in [3.8, 4) is 23.0 Å². The van der Waals surface area contributed by atoms with Crippen LogP contribution in [-0.2, 0) is 33.1 Å². The van der Waals surface area contributed by atoms with Crippen LogP contribution in [0.25, 0.3) is 0 Å². The van der Waals surface area contributed by atoms with E-state index < -0.39 is 20.0 Å². The molecule has 0 radical (unpaired) electrons. The Morgan fingerprint density at radius 2 is 1.46 bits per heavy atom. The second kappa shape index (κ2) is 11.9. The van der Waals surface area contributed by atoms with Crippen molar-refractivity contribution in [3.63, 3.8) is 0 Å². The van der Waals surface area contributed by atoms with E-state index in [9.17, 15) is 16.8 Å². The van der Waals surface area contributed by atoms with E-state index in [1.54, 1.807) is 36.4 Å². The molecule has 220 valence electrons. The van der Waals surface area contributed by atoms with Crippen molar-refractivity contribution >= 4 is 20.0 Å². The molecule has 3 aromatic carbocycles. The average Bonchev–Trinajstić information content (AvgIpc) is 3.45. The third-order valence-corrected chi connectivity index (χ3v) is 11.0. The molecule has 0 spiro atoms. The van der Waals surface area contributed by atoms with E-state index in [4.69, 9.17) is 18.9 Å². The van der Waals surface area contributed by atoms with Gasteiger partial charge in [-0.2, -0.15) is 8.61 Å². The molecule has 0 amide bonds. The first kappa shape index (κ1) is 29.2. The molecule has 2 aliphatic heterocycles. The first-order chi connectivity index (χ1) is 19.6. The second-order valence-electron chi connectivity index (χ2n) is 10.2. The number of ether oxygens (including phenoxy) is 4. The number of fused-ring (bicyclic) bond motifs is 1. The van der Waals surface area contributed by atoms with Gasteiger partial charge in [0.1, 0.15) is 0 Å². The minimum absolute atomic E-state index is 0.00955.